The monoisotopic (exact) mass is 389 g/mol. The average Bonchev–Trinajstić information content (AvgIpc) is 2.64. The fraction of sp³-hybridized carbons (Fsp3) is 0.263. The lowest BCUT2D eigenvalue weighted by Gasteiger charge is -2.28. The molecule has 5 nitrogen and oxygen atoms in total. The van der Waals surface area contributed by atoms with E-state index in [9.17, 15) is 9.59 Å². The molecule has 0 spiro atoms. The Kier molecular flexibility index (Phi) is 6.06. The first-order chi connectivity index (χ1) is 12.5. The van der Waals surface area contributed by atoms with Crippen LogP contribution in [0.2, 0.25) is 5.02 Å². The summed E-state index contributed by atoms with van der Waals surface area (Å²) in [4.78, 5) is 26.9. The van der Waals surface area contributed by atoms with Crippen molar-refractivity contribution in [2.24, 2.45) is 0 Å². The zero-order valence-corrected chi connectivity index (χ0v) is 15.9. The highest BCUT2D eigenvalue weighted by molar-refractivity contribution is 8.00. The number of piperazine rings is 1. The van der Waals surface area contributed by atoms with Crippen LogP contribution in [0, 0.1) is 0 Å². The number of carbonyl (C=O) groups excluding carboxylic acids is 2. The van der Waals surface area contributed by atoms with Crippen LogP contribution in [0.15, 0.2) is 53.4 Å². The first kappa shape index (κ1) is 18.6. The van der Waals surface area contributed by atoms with Crippen molar-refractivity contribution in [2.45, 2.75) is 17.1 Å². The zero-order chi connectivity index (χ0) is 18.5. The minimum absolute atomic E-state index is 0.0293. The number of amides is 2. The van der Waals surface area contributed by atoms with E-state index < -0.39 is 0 Å². The average molecular weight is 390 g/mol. The van der Waals surface area contributed by atoms with Crippen molar-refractivity contribution in [3.05, 3.63) is 53.6 Å². The topological polar surface area (TPSA) is 61.4 Å². The highest BCUT2D eigenvalue weighted by atomic mass is 35.5. The Hall–Kier alpha value is -2.18. The molecule has 1 saturated heterocycles. The van der Waals surface area contributed by atoms with Gasteiger partial charge in [0.2, 0.25) is 11.8 Å². The normalized spacial score (nSPS) is 15.3. The lowest BCUT2D eigenvalue weighted by molar-refractivity contribution is -0.120. The highest BCUT2D eigenvalue weighted by Gasteiger charge is 2.17. The van der Waals surface area contributed by atoms with Crippen LogP contribution < -0.4 is 15.5 Å². The van der Waals surface area contributed by atoms with Crippen molar-refractivity contribution in [3.63, 3.8) is 0 Å². The third-order valence-corrected chi connectivity index (χ3v) is 5.40. The molecular weight excluding hydrogens is 370 g/mol. The zero-order valence-electron chi connectivity index (χ0n) is 14.4. The van der Waals surface area contributed by atoms with Crippen LogP contribution in [0.25, 0.3) is 0 Å². The van der Waals surface area contributed by atoms with Crippen LogP contribution >= 0.6 is 23.4 Å². The fourth-order valence-corrected chi connectivity index (χ4v) is 3.62. The molecule has 136 valence electrons. The van der Waals surface area contributed by atoms with Crippen molar-refractivity contribution in [2.75, 3.05) is 29.9 Å². The van der Waals surface area contributed by atoms with Gasteiger partial charge in [-0.2, -0.15) is 0 Å². The number of anilines is 2. The summed E-state index contributed by atoms with van der Waals surface area (Å²) in [5.74, 6) is -0.0308. The second-order valence-corrected chi connectivity index (χ2v) is 7.87. The number of nitrogens with zero attached hydrogens (tertiary/aromatic N) is 1. The van der Waals surface area contributed by atoms with Gasteiger partial charge in [-0.05, 0) is 55.5 Å². The lowest BCUT2D eigenvalue weighted by Crippen LogP contribution is -2.47. The van der Waals surface area contributed by atoms with Gasteiger partial charge in [-0.1, -0.05) is 11.6 Å². The summed E-state index contributed by atoms with van der Waals surface area (Å²) < 4.78 is 0. The molecule has 1 heterocycles. The summed E-state index contributed by atoms with van der Waals surface area (Å²) in [6.45, 7) is 3.67. The molecule has 2 N–H and O–H groups in total. The minimum atomic E-state index is -0.235. The van der Waals surface area contributed by atoms with Crippen LogP contribution in [-0.2, 0) is 9.59 Å². The summed E-state index contributed by atoms with van der Waals surface area (Å²) in [6.07, 6.45) is 0. The smallest absolute Gasteiger partial charge is 0.239 e. The number of rotatable bonds is 5. The Labute approximate surface area is 162 Å². The Morgan fingerprint density at radius 1 is 1.19 bits per heavy atom. The van der Waals surface area contributed by atoms with Gasteiger partial charge >= 0.3 is 0 Å². The Morgan fingerprint density at radius 2 is 1.88 bits per heavy atom. The molecule has 0 aromatic heterocycles. The van der Waals surface area contributed by atoms with Gasteiger partial charge in [0.1, 0.15) is 0 Å². The molecule has 1 unspecified atom stereocenters. The van der Waals surface area contributed by atoms with Crippen LogP contribution in [0.1, 0.15) is 6.92 Å². The molecular formula is C19H20ClN3O2S. The maximum absolute atomic E-state index is 12.4. The summed E-state index contributed by atoms with van der Waals surface area (Å²) in [5.41, 5.74) is 1.71. The van der Waals surface area contributed by atoms with Gasteiger partial charge in [0.15, 0.2) is 0 Å². The van der Waals surface area contributed by atoms with Crippen molar-refractivity contribution in [1.29, 1.82) is 0 Å². The molecule has 2 aromatic rings. The van der Waals surface area contributed by atoms with Crippen LogP contribution in [0.4, 0.5) is 11.4 Å². The molecule has 7 heteroatoms. The van der Waals surface area contributed by atoms with Gasteiger partial charge < -0.3 is 15.5 Å². The van der Waals surface area contributed by atoms with Crippen LogP contribution in [-0.4, -0.2) is 36.7 Å². The van der Waals surface area contributed by atoms with E-state index in [2.05, 4.69) is 10.6 Å². The molecule has 3 rings (SSSR count). The minimum Gasteiger partial charge on any atom is -0.360 e. The number of hydrogen-bond acceptors (Lipinski definition) is 4. The van der Waals surface area contributed by atoms with Gasteiger partial charge in [-0.25, -0.2) is 0 Å². The van der Waals surface area contributed by atoms with Crippen molar-refractivity contribution < 1.29 is 9.59 Å². The molecule has 1 aliphatic heterocycles. The third kappa shape index (κ3) is 4.93. The molecule has 1 fully saturated rings. The van der Waals surface area contributed by atoms with Gasteiger partial charge in [-0.15, -0.1) is 11.8 Å². The summed E-state index contributed by atoms with van der Waals surface area (Å²) in [6, 6.07) is 15.0. The van der Waals surface area contributed by atoms with E-state index in [4.69, 9.17) is 11.6 Å². The summed E-state index contributed by atoms with van der Waals surface area (Å²) in [5, 5.41) is 6.18. The number of hydrogen-bond donors (Lipinski definition) is 2. The van der Waals surface area contributed by atoms with Crippen molar-refractivity contribution >= 4 is 46.6 Å². The van der Waals surface area contributed by atoms with E-state index in [1.165, 1.54) is 11.8 Å². The Morgan fingerprint density at radius 3 is 2.54 bits per heavy atom. The van der Waals surface area contributed by atoms with E-state index in [0.717, 1.165) is 22.8 Å². The Balaban J connectivity index is 1.56. The fourth-order valence-electron chi connectivity index (χ4n) is 2.63. The SMILES string of the molecule is CC(Sc1ccc(Cl)cc1)C(=O)Nc1ccc(N2CCNC(=O)C2)cc1. The van der Waals surface area contributed by atoms with Crippen LogP contribution in [0.3, 0.4) is 0 Å². The third-order valence-electron chi connectivity index (χ3n) is 4.03. The molecule has 2 amide bonds. The number of benzene rings is 2. The van der Waals surface area contributed by atoms with Gasteiger partial charge in [-0.3, -0.25) is 9.59 Å². The number of thioether (sulfide) groups is 1. The molecule has 0 radical (unpaired) electrons. The molecule has 1 atom stereocenters. The lowest BCUT2D eigenvalue weighted by atomic mass is 10.2. The first-order valence-corrected chi connectivity index (χ1v) is 9.62. The second kappa shape index (κ2) is 8.47. The number of carbonyl (C=O) groups is 2. The van der Waals surface area contributed by atoms with E-state index in [1.54, 1.807) is 0 Å². The van der Waals surface area contributed by atoms with E-state index in [-0.39, 0.29) is 17.1 Å². The maximum Gasteiger partial charge on any atom is 0.239 e. The van der Waals surface area contributed by atoms with Crippen LogP contribution in [0.5, 0.6) is 0 Å². The van der Waals surface area contributed by atoms with Crippen molar-refractivity contribution in [1.82, 2.24) is 5.32 Å². The Bertz CT molecular complexity index is 780. The molecule has 26 heavy (non-hydrogen) atoms. The molecule has 0 aliphatic carbocycles. The largest absolute Gasteiger partial charge is 0.360 e. The second-order valence-electron chi connectivity index (χ2n) is 6.02. The quantitative estimate of drug-likeness (QED) is 0.769. The first-order valence-electron chi connectivity index (χ1n) is 8.36. The molecule has 1 aliphatic rings. The summed E-state index contributed by atoms with van der Waals surface area (Å²) in [7, 11) is 0. The van der Waals surface area contributed by atoms with Gasteiger partial charge in [0, 0.05) is 34.4 Å². The van der Waals surface area contributed by atoms with E-state index in [0.29, 0.717) is 18.1 Å². The molecule has 0 saturated carbocycles. The summed E-state index contributed by atoms with van der Waals surface area (Å²) >= 11 is 7.36. The van der Waals surface area contributed by atoms with Gasteiger partial charge in [0.05, 0.1) is 11.8 Å². The number of nitrogens with one attached hydrogen (secondary N) is 2. The standard InChI is InChI=1S/C19H20ClN3O2S/c1-13(26-17-8-2-14(20)3-9-17)19(25)22-15-4-6-16(7-5-15)23-11-10-21-18(24)12-23/h2-9,13H,10-12H2,1H3,(H,21,24)(H,22,25). The van der Waals surface area contributed by atoms with E-state index >= 15 is 0 Å². The molecule has 2 aromatic carbocycles. The maximum atomic E-state index is 12.4. The predicted octanol–water partition coefficient (Wildman–Crippen LogP) is 3.40. The predicted molar refractivity (Wildman–Crippen MR) is 107 cm³/mol. The van der Waals surface area contributed by atoms with Gasteiger partial charge in [0.25, 0.3) is 0 Å². The molecule has 0 bridgehead atoms. The van der Waals surface area contributed by atoms with E-state index in [1.807, 2.05) is 60.4 Å². The van der Waals surface area contributed by atoms with Crippen molar-refractivity contribution in [3.8, 4) is 0 Å². The highest BCUT2D eigenvalue weighted by Crippen LogP contribution is 2.26. The number of halogens is 1.